The summed E-state index contributed by atoms with van der Waals surface area (Å²) in [5, 5.41) is 10.5. The van der Waals surface area contributed by atoms with Gasteiger partial charge in [-0.3, -0.25) is 0 Å². The molecule has 2 rings (SSSR count). The SMILES string of the molecule is COc1c(C)c2c(c(O)c1CC=C(C)CCC(C)=O)C(=O)OC2. The Morgan fingerprint density at radius 3 is 2.65 bits per heavy atom. The van der Waals surface area contributed by atoms with Crippen LogP contribution in [0.1, 0.15) is 53.7 Å². The highest BCUT2D eigenvalue weighted by molar-refractivity contribution is 5.98. The molecule has 1 aromatic carbocycles. The zero-order chi connectivity index (χ0) is 17.1. The van der Waals surface area contributed by atoms with Crippen molar-refractivity contribution in [2.75, 3.05) is 7.11 Å². The molecule has 0 amide bonds. The van der Waals surface area contributed by atoms with Crippen molar-refractivity contribution in [3.8, 4) is 11.5 Å². The molecule has 0 radical (unpaired) electrons. The average Bonchev–Trinajstić information content (AvgIpc) is 2.89. The third kappa shape index (κ3) is 3.38. The summed E-state index contributed by atoms with van der Waals surface area (Å²) in [6, 6.07) is 0. The van der Waals surface area contributed by atoms with Crippen LogP contribution in [0.2, 0.25) is 0 Å². The van der Waals surface area contributed by atoms with Gasteiger partial charge in [-0.2, -0.15) is 0 Å². The molecule has 0 fully saturated rings. The Bertz CT molecular complexity index is 685. The van der Waals surface area contributed by atoms with Crippen LogP contribution in [-0.2, 0) is 22.6 Å². The van der Waals surface area contributed by atoms with Crippen molar-refractivity contribution >= 4 is 11.8 Å². The van der Waals surface area contributed by atoms with Crippen LogP contribution in [0.3, 0.4) is 0 Å². The van der Waals surface area contributed by atoms with Crippen molar-refractivity contribution in [3.63, 3.8) is 0 Å². The molecule has 0 bridgehead atoms. The maximum atomic E-state index is 11.8. The number of phenols is 1. The average molecular weight is 318 g/mol. The van der Waals surface area contributed by atoms with Crippen molar-refractivity contribution in [1.29, 1.82) is 0 Å². The van der Waals surface area contributed by atoms with Gasteiger partial charge in [-0.05, 0) is 39.2 Å². The van der Waals surface area contributed by atoms with E-state index in [1.807, 2.05) is 19.9 Å². The monoisotopic (exact) mass is 318 g/mol. The number of esters is 1. The number of hydrogen-bond acceptors (Lipinski definition) is 5. The smallest absolute Gasteiger partial charge is 0.342 e. The van der Waals surface area contributed by atoms with Gasteiger partial charge in [-0.1, -0.05) is 11.6 Å². The molecule has 0 unspecified atom stereocenters. The van der Waals surface area contributed by atoms with E-state index >= 15 is 0 Å². The molecule has 0 spiro atoms. The van der Waals surface area contributed by atoms with E-state index in [4.69, 9.17) is 9.47 Å². The second-order valence-corrected chi connectivity index (χ2v) is 5.87. The number of carbonyl (C=O) groups excluding carboxylic acids is 2. The first-order valence-corrected chi connectivity index (χ1v) is 7.60. The van der Waals surface area contributed by atoms with E-state index in [-0.39, 0.29) is 23.7 Å². The lowest BCUT2D eigenvalue weighted by Gasteiger charge is -2.15. The highest BCUT2D eigenvalue weighted by Crippen LogP contribution is 2.41. The predicted molar refractivity (Wildman–Crippen MR) is 85.9 cm³/mol. The molecular weight excluding hydrogens is 296 g/mol. The van der Waals surface area contributed by atoms with E-state index in [0.717, 1.165) is 11.1 Å². The van der Waals surface area contributed by atoms with Gasteiger partial charge in [-0.15, -0.1) is 0 Å². The molecule has 1 N–H and O–H groups in total. The molecular formula is C18H22O5. The van der Waals surface area contributed by atoms with Crippen LogP contribution in [0.15, 0.2) is 11.6 Å². The molecule has 0 saturated carbocycles. The summed E-state index contributed by atoms with van der Waals surface area (Å²) in [6.45, 7) is 5.53. The van der Waals surface area contributed by atoms with Crippen molar-refractivity contribution in [2.24, 2.45) is 0 Å². The van der Waals surface area contributed by atoms with Crippen LogP contribution in [0.25, 0.3) is 0 Å². The second kappa shape index (κ2) is 6.86. The molecule has 5 nitrogen and oxygen atoms in total. The number of allylic oxidation sites excluding steroid dienone is 2. The Morgan fingerprint density at radius 2 is 2.04 bits per heavy atom. The summed E-state index contributed by atoms with van der Waals surface area (Å²) in [6.07, 6.45) is 3.57. The summed E-state index contributed by atoms with van der Waals surface area (Å²) in [4.78, 5) is 22.9. The van der Waals surface area contributed by atoms with Crippen molar-refractivity contribution in [3.05, 3.63) is 33.9 Å². The Labute approximate surface area is 135 Å². The number of cyclic esters (lactones) is 1. The fraction of sp³-hybridized carbons (Fsp3) is 0.444. The fourth-order valence-corrected chi connectivity index (χ4v) is 2.78. The normalized spacial score (nSPS) is 13.7. The van der Waals surface area contributed by atoms with E-state index in [1.54, 1.807) is 14.0 Å². The van der Waals surface area contributed by atoms with Crippen molar-refractivity contribution in [2.45, 2.75) is 46.6 Å². The number of hydrogen-bond donors (Lipinski definition) is 1. The summed E-state index contributed by atoms with van der Waals surface area (Å²) >= 11 is 0. The Balaban J connectivity index is 2.37. The lowest BCUT2D eigenvalue weighted by atomic mass is 9.94. The minimum atomic E-state index is -0.498. The number of fused-ring (bicyclic) bond motifs is 1. The topological polar surface area (TPSA) is 72.8 Å². The summed E-state index contributed by atoms with van der Waals surface area (Å²) in [5.41, 5.74) is 3.38. The largest absolute Gasteiger partial charge is 0.507 e. The number of benzene rings is 1. The number of aromatic hydroxyl groups is 1. The molecule has 1 aromatic rings. The highest BCUT2D eigenvalue weighted by atomic mass is 16.5. The maximum Gasteiger partial charge on any atom is 0.342 e. The quantitative estimate of drug-likeness (QED) is 0.644. The van der Waals surface area contributed by atoms with E-state index < -0.39 is 5.97 Å². The van der Waals surface area contributed by atoms with E-state index in [1.165, 1.54) is 0 Å². The van der Waals surface area contributed by atoms with Gasteiger partial charge in [0.15, 0.2) is 0 Å². The lowest BCUT2D eigenvalue weighted by molar-refractivity contribution is -0.116. The molecule has 1 aliphatic heterocycles. The summed E-state index contributed by atoms with van der Waals surface area (Å²) < 4.78 is 10.5. The molecule has 5 heteroatoms. The molecule has 124 valence electrons. The zero-order valence-electron chi connectivity index (χ0n) is 14.0. The number of ether oxygens (including phenoxy) is 2. The molecule has 1 heterocycles. The van der Waals surface area contributed by atoms with Crippen molar-refractivity contribution < 1.29 is 24.2 Å². The van der Waals surface area contributed by atoms with Crippen LogP contribution in [0.5, 0.6) is 11.5 Å². The van der Waals surface area contributed by atoms with Gasteiger partial charge in [0.05, 0.1) is 7.11 Å². The van der Waals surface area contributed by atoms with Gasteiger partial charge < -0.3 is 19.4 Å². The van der Waals surface area contributed by atoms with Gasteiger partial charge in [0.25, 0.3) is 0 Å². The van der Waals surface area contributed by atoms with Gasteiger partial charge in [0.2, 0.25) is 0 Å². The molecule has 0 aromatic heterocycles. The number of ketones is 1. The predicted octanol–water partition coefficient (Wildman–Crippen LogP) is 3.24. The molecule has 0 saturated heterocycles. The van der Waals surface area contributed by atoms with Gasteiger partial charge in [0.1, 0.15) is 29.5 Å². The molecule has 23 heavy (non-hydrogen) atoms. The van der Waals surface area contributed by atoms with Crippen LogP contribution < -0.4 is 4.74 Å². The minimum absolute atomic E-state index is 0.0689. The van der Waals surface area contributed by atoms with Crippen LogP contribution in [0, 0.1) is 6.92 Å². The van der Waals surface area contributed by atoms with Crippen LogP contribution >= 0.6 is 0 Å². The minimum Gasteiger partial charge on any atom is -0.507 e. The lowest BCUT2D eigenvalue weighted by Crippen LogP contribution is -2.03. The standard InChI is InChI=1S/C18H22O5/c1-10(5-7-11(2)19)6-8-13-16(20)15-14(9-23-18(15)21)12(3)17(13)22-4/h6,20H,5,7-9H2,1-4H3. The highest BCUT2D eigenvalue weighted by Gasteiger charge is 2.31. The van der Waals surface area contributed by atoms with Gasteiger partial charge in [0, 0.05) is 17.5 Å². The van der Waals surface area contributed by atoms with Gasteiger partial charge in [-0.25, -0.2) is 4.79 Å². The Kier molecular flexibility index (Phi) is 5.08. The summed E-state index contributed by atoms with van der Waals surface area (Å²) in [5.74, 6) is 0.159. The van der Waals surface area contributed by atoms with Gasteiger partial charge >= 0.3 is 5.97 Å². The zero-order valence-corrected chi connectivity index (χ0v) is 14.0. The summed E-state index contributed by atoms with van der Waals surface area (Å²) in [7, 11) is 1.54. The Morgan fingerprint density at radius 1 is 1.35 bits per heavy atom. The third-order valence-electron chi connectivity index (χ3n) is 4.17. The van der Waals surface area contributed by atoms with E-state index in [9.17, 15) is 14.7 Å². The number of rotatable bonds is 6. The first-order chi connectivity index (χ1) is 10.9. The number of carbonyl (C=O) groups is 2. The van der Waals surface area contributed by atoms with Crippen molar-refractivity contribution in [1.82, 2.24) is 0 Å². The van der Waals surface area contributed by atoms with E-state index in [2.05, 4.69) is 0 Å². The molecule has 0 aliphatic carbocycles. The van der Waals surface area contributed by atoms with Crippen LogP contribution in [0.4, 0.5) is 0 Å². The maximum absolute atomic E-state index is 11.8. The van der Waals surface area contributed by atoms with Crippen LogP contribution in [-0.4, -0.2) is 24.0 Å². The third-order valence-corrected chi connectivity index (χ3v) is 4.17. The fourth-order valence-electron chi connectivity index (χ4n) is 2.78. The second-order valence-electron chi connectivity index (χ2n) is 5.87. The number of phenolic OH excluding ortho intramolecular Hbond substituents is 1. The molecule has 0 atom stereocenters. The first kappa shape index (κ1) is 17.1. The Hall–Kier alpha value is -2.30. The number of methoxy groups -OCH3 is 1. The number of Topliss-reactive ketones (excluding diaryl/α,β-unsaturated/α-hetero) is 1. The van der Waals surface area contributed by atoms with E-state index in [0.29, 0.717) is 36.1 Å². The molecule has 1 aliphatic rings. The first-order valence-electron chi connectivity index (χ1n) is 7.60.